The minimum absolute atomic E-state index is 0.379. The molecule has 110 valence electrons. The average molecular weight is 273 g/mol. The molecular formula is C17H27N3. The van der Waals surface area contributed by atoms with Gasteiger partial charge in [0.2, 0.25) is 0 Å². The monoisotopic (exact) mass is 273 g/mol. The molecule has 2 aliphatic rings. The SMILES string of the molecule is CCC(NC)c1ccc(N(CC2CC2)CC2CC2)cn1. The number of nitrogens with zero attached hydrogens (tertiary/aromatic N) is 2. The van der Waals surface area contributed by atoms with Gasteiger partial charge in [-0.2, -0.15) is 0 Å². The topological polar surface area (TPSA) is 28.2 Å². The summed E-state index contributed by atoms with van der Waals surface area (Å²) < 4.78 is 0. The van der Waals surface area contributed by atoms with Crippen molar-refractivity contribution in [3.63, 3.8) is 0 Å². The smallest absolute Gasteiger partial charge is 0.0574 e. The Hall–Kier alpha value is -1.09. The molecule has 0 aromatic carbocycles. The first-order valence-electron chi connectivity index (χ1n) is 8.18. The van der Waals surface area contributed by atoms with E-state index in [1.807, 2.05) is 7.05 Å². The van der Waals surface area contributed by atoms with E-state index in [9.17, 15) is 0 Å². The van der Waals surface area contributed by atoms with E-state index in [-0.39, 0.29) is 0 Å². The molecule has 2 saturated carbocycles. The second-order valence-electron chi connectivity index (χ2n) is 6.48. The van der Waals surface area contributed by atoms with Crippen LogP contribution in [0.4, 0.5) is 5.69 Å². The minimum Gasteiger partial charge on any atom is -0.370 e. The fourth-order valence-corrected chi connectivity index (χ4v) is 2.86. The van der Waals surface area contributed by atoms with Gasteiger partial charge >= 0.3 is 0 Å². The van der Waals surface area contributed by atoms with Gasteiger partial charge in [-0.15, -0.1) is 0 Å². The van der Waals surface area contributed by atoms with Crippen LogP contribution in [0, 0.1) is 11.8 Å². The fourth-order valence-electron chi connectivity index (χ4n) is 2.86. The first-order valence-corrected chi connectivity index (χ1v) is 8.18. The predicted molar refractivity (Wildman–Crippen MR) is 84.0 cm³/mol. The van der Waals surface area contributed by atoms with E-state index in [0.29, 0.717) is 6.04 Å². The summed E-state index contributed by atoms with van der Waals surface area (Å²) in [6.45, 7) is 4.67. The Morgan fingerprint density at radius 3 is 2.25 bits per heavy atom. The number of nitrogens with one attached hydrogen (secondary N) is 1. The van der Waals surface area contributed by atoms with E-state index in [2.05, 4.69) is 35.5 Å². The second kappa shape index (κ2) is 6.13. The molecular weight excluding hydrogens is 246 g/mol. The molecule has 0 amide bonds. The molecule has 1 atom stereocenters. The molecule has 3 nitrogen and oxygen atoms in total. The van der Waals surface area contributed by atoms with Crippen LogP contribution in [0.15, 0.2) is 18.3 Å². The van der Waals surface area contributed by atoms with Crippen LogP contribution in [-0.4, -0.2) is 25.1 Å². The van der Waals surface area contributed by atoms with Gasteiger partial charge in [0, 0.05) is 19.1 Å². The molecule has 1 N–H and O–H groups in total. The van der Waals surface area contributed by atoms with Gasteiger partial charge in [0.05, 0.1) is 17.6 Å². The third kappa shape index (κ3) is 3.51. The lowest BCUT2D eigenvalue weighted by Gasteiger charge is -2.25. The second-order valence-corrected chi connectivity index (χ2v) is 6.48. The Labute approximate surface area is 122 Å². The molecule has 0 saturated heterocycles. The summed E-state index contributed by atoms with van der Waals surface area (Å²) in [5.74, 6) is 1.88. The van der Waals surface area contributed by atoms with Crippen molar-refractivity contribution in [2.24, 2.45) is 11.8 Å². The molecule has 3 heteroatoms. The standard InChI is InChI=1S/C17H27N3/c1-3-16(18-2)17-9-8-15(10-19-17)20(11-13-4-5-13)12-14-6-7-14/h8-10,13-14,16,18H,3-7,11-12H2,1-2H3. The normalized spacial score (nSPS) is 19.9. The zero-order chi connectivity index (χ0) is 13.9. The van der Waals surface area contributed by atoms with Crippen LogP contribution in [0.3, 0.4) is 0 Å². The average Bonchev–Trinajstić information content (AvgIpc) is 3.36. The maximum atomic E-state index is 4.69. The van der Waals surface area contributed by atoms with Gasteiger partial charge in [-0.25, -0.2) is 0 Å². The van der Waals surface area contributed by atoms with Crippen molar-refractivity contribution in [3.8, 4) is 0 Å². The minimum atomic E-state index is 0.379. The van der Waals surface area contributed by atoms with Crippen molar-refractivity contribution in [2.75, 3.05) is 25.0 Å². The lowest BCUT2D eigenvalue weighted by atomic mass is 10.1. The van der Waals surface area contributed by atoms with Crippen molar-refractivity contribution < 1.29 is 0 Å². The third-order valence-electron chi connectivity index (χ3n) is 4.60. The molecule has 0 spiro atoms. The maximum Gasteiger partial charge on any atom is 0.0574 e. The molecule has 1 aromatic rings. The van der Waals surface area contributed by atoms with Crippen molar-refractivity contribution in [1.29, 1.82) is 0 Å². The van der Waals surface area contributed by atoms with E-state index in [1.165, 1.54) is 44.5 Å². The van der Waals surface area contributed by atoms with E-state index in [4.69, 9.17) is 4.98 Å². The Morgan fingerprint density at radius 2 is 1.85 bits per heavy atom. The van der Waals surface area contributed by atoms with Crippen LogP contribution in [0.2, 0.25) is 0 Å². The highest BCUT2D eigenvalue weighted by atomic mass is 15.1. The summed E-state index contributed by atoms with van der Waals surface area (Å²) in [6.07, 6.45) is 8.85. The van der Waals surface area contributed by atoms with E-state index < -0.39 is 0 Å². The number of anilines is 1. The zero-order valence-electron chi connectivity index (χ0n) is 12.8. The summed E-state index contributed by atoms with van der Waals surface area (Å²) >= 11 is 0. The predicted octanol–water partition coefficient (Wildman–Crippen LogP) is 3.38. The molecule has 2 aliphatic carbocycles. The van der Waals surface area contributed by atoms with E-state index in [1.54, 1.807) is 0 Å². The van der Waals surface area contributed by atoms with Crippen LogP contribution in [0.5, 0.6) is 0 Å². The van der Waals surface area contributed by atoms with Crippen LogP contribution in [-0.2, 0) is 0 Å². The molecule has 0 radical (unpaired) electrons. The van der Waals surface area contributed by atoms with Gasteiger partial charge in [-0.3, -0.25) is 4.98 Å². The van der Waals surface area contributed by atoms with Crippen LogP contribution in [0.25, 0.3) is 0 Å². The first-order chi connectivity index (χ1) is 9.80. The molecule has 1 unspecified atom stereocenters. The highest BCUT2D eigenvalue weighted by Gasteiger charge is 2.29. The number of hydrogen-bond donors (Lipinski definition) is 1. The van der Waals surface area contributed by atoms with Gasteiger partial charge in [0.25, 0.3) is 0 Å². The lowest BCUT2D eigenvalue weighted by molar-refractivity contribution is 0.561. The molecule has 2 fully saturated rings. The van der Waals surface area contributed by atoms with Crippen molar-refractivity contribution in [3.05, 3.63) is 24.0 Å². The van der Waals surface area contributed by atoms with Crippen LogP contribution in [0.1, 0.15) is 50.8 Å². The fraction of sp³-hybridized carbons (Fsp3) is 0.706. The highest BCUT2D eigenvalue weighted by Crippen LogP contribution is 2.35. The maximum absolute atomic E-state index is 4.69. The summed E-state index contributed by atoms with van der Waals surface area (Å²) in [6, 6.07) is 4.85. The van der Waals surface area contributed by atoms with Crippen LogP contribution >= 0.6 is 0 Å². The number of rotatable bonds is 8. The largest absolute Gasteiger partial charge is 0.370 e. The summed E-state index contributed by atoms with van der Waals surface area (Å²) in [7, 11) is 2.01. The van der Waals surface area contributed by atoms with Crippen LogP contribution < -0.4 is 10.2 Å². The molecule has 0 aliphatic heterocycles. The Kier molecular flexibility index (Phi) is 4.25. The van der Waals surface area contributed by atoms with Gasteiger partial charge in [0.1, 0.15) is 0 Å². The molecule has 20 heavy (non-hydrogen) atoms. The van der Waals surface area contributed by atoms with Gasteiger partial charge in [-0.05, 0) is 63.1 Å². The Morgan fingerprint density at radius 1 is 1.20 bits per heavy atom. The quantitative estimate of drug-likeness (QED) is 0.787. The zero-order valence-corrected chi connectivity index (χ0v) is 12.8. The molecule has 1 heterocycles. The Balaban J connectivity index is 1.69. The van der Waals surface area contributed by atoms with Gasteiger partial charge in [0.15, 0.2) is 0 Å². The highest BCUT2D eigenvalue weighted by molar-refractivity contribution is 5.45. The molecule has 1 aromatic heterocycles. The molecule has 3 rings (SSSR count). The van der Waals surface area contributed by atoms with Gasteiger partial charge < -0.3 is 10.2 Å². The van der Waals surface area contributed by atoms with Crippen molar-refractivity contribution in [2.45, 2.75) is 45.1 Å². The first kappa shape index (κ1) is 13.9. The summed E-state index contributed by atoms with van der Waals surface area (Å²) in [5.41, 5.74) is 2.48. The lowest BCUT2D eigenvalue weighted by Crippen LogP contribution is -2.28. The number of hydrogen-bond acceptors (Lipinski definition) is 3. The summed E-state index contributed by atoms with van der Waals surface area (Å²) in [4.78, 5) is 7.27. The Bertz CT molecular complexity index is 402. The van der Waals surface area contributed by atoms with Crippen molar-refractivity contribution >= 4 is 5.69 Å². The van der Waals surface area contributed by atoms with Gasteiger partial charge in [-0.1, -0.05) is 6.92 Å². The number of pyridine rings is 1. The van der Waals surface area contributed by atoms with E-state index >= 15 is 0 Å². The number of aromatic nitrogens is 1. The third-order valence-corrected chi connectivity index (χ3v) is 4.60. The molecule has 0 bridgehead atoms. The van der Waals surface area contributed by atoms with E-state index in [0.717, 1.165) is 24.0 Å². The summed E-state index contributed by atoms with van der Waals surface area (Å²) in [5, 5.41) is 3.33. The van der Waals surface area contributed by atoms with Crippen molar-refractivity contribution in [1.82, 2.24) is 10.3 Å².